The highest BCUT2D eigenvalue weighted by Crippen LogP contribution is 2.38. The number of aromatic nitrogens is 2. The third-order valence-electron chi connectivity index (χ3n) is 5.43. The molecule has 0 bridgehead atoms. The third kappa shape index (κ3) is 2.60. The monoisotopic (exact) mass is 376 g/mol. The van der Waals surface area contributed by atoms with Gasteiger partial charge in [0.1, 0.15) is 5.82 Å². The van der Waals surface area contributed by atoms with Gasteiger partial charge in [-0.25, -0.2) is 4.98 Å². The van der Waals surface area contributed by atoms with E-state index in [4.69, 9.17) is 10.5 Å². The standard InChI is InChI=1S/C27H20N2/c1-3-8-19(9-4-1)21-14-15-23-22(18-21)16-17-29-26-24(23)12-7-13-25(26)28-27(29)20-10-5-2-6-11-20/h1-15,18H,16-17H2/i16D2,17D2. The predicted octanol–water partition coefficient (Wildman–Crippen LogP) is 6.59. The van der Waals surface area contributed by atoms with Crippen LogP contribution in [0.25, 0.3) is 44.7 Å². The van der Waals surface area contributed by atoms with Crippen LogP contribution in [0.2, 0.25) is 0 Å². The van der Waals surface area contributed by atoms with Crippen LogP contribution in [0.3, 0.4) is 0 Å². The first-order chi connectivity index (χ1) is 15.9. The van der Waals surface area contributed by atoms with Gasteiger partial charge in [0, 0.05) is 20.4 Å². The predicted molar refractivity (Wildman–Crippen MR) is 120 cm³/mol. The van der Waals surface area contributed by atoms with Crippen LogP contribution in [0.4, 0.5) is 0 Å². The number of benzene rings is 4. The Hall–Kier alpha value is -3.65. The molecule has 2 heterocycles. The van der Waals surface area contributed by atoms with Gasteiger partial charge in [-0.3, -0.25) is 0 Å². The molecule has 138 valence electrons. The maximum Gasteiger partial charge on any atom is 0.141 e. The number of para-hydroxylation sites is 1. The Morgan fingerprint density at radius 3 is 2.24 bits per heavy atom. The molecule has 0 atom stereocenters. The molecule has 0 saturated carbocycles. The fraction of sp³-hybridized carbons (Fsp3) is 0.0741. The molecule has 0 aliphatic carbocycles. The molecule has 5 aromatic rings. The van der Waals surface area contributed by atoms with E-state index in [1.54, 1.807) is 6.07 Å². The lowest BCUT2D eigenvalue weighted by Crippen LogP contribution is -2.02. The number of hydrogen-bond donors (Lipinski definition) is 0. The van der Waals surface area contributed by atoms with E-state index in [2.05, 4.69) is 0 Å². The fourth-order valence-corrected chi connectivity index (χ4v) is 4.04. The molecule has 0 radical (unpaired) electrons. The minimum Gasteiger partial charge on any atom is -0.323 e. The van der Waals surface area contributed by atoms with Crippen LogP contribution in [0.15, 0.2) is 97.1 Å². The second-order valence-electron chi connectivity index (χ2n) is 7.17. The average molecular weight is 376 g/mol. The van der Waals surface area contributed by atoms with Gasteiger partial charge in [0.15, 0.2) is 0 Å². The van der Waals surface area contributed by atoms with Gasteiger partial charge in [-0.05, 0) is 34.7 Å². The summed E-state index contributed by atoms with van der Waals surface area (Å²) >= 11 is 0. The zero-order chi connectivity index (χ0) is 22.8. The highest BCUT2D eigenvalue weighted by molar-refractivity contribution is 5.96. The molecule has 6 rings (SSSR count). The number of aryl methyl sites for hydroxylation is 2. The van der Waals surface area contributed by atoms with Gasteiger partial charge in [0.05, 0.1) is 13.8 Å². The third-order valence-corrected chi connectivity index (χ3v) is 5.43. The van der Waals surface area contributed by atoms with Crippen molar-refractivity contribution in [2.24, 2.45) is 0 Å². The Labute approximate surface area is 175 Å². The highest BCUT2D eigenvalue weighted by Gasteiger charge is 2.21. The van der Waals surface area contributed by atoms with E-state index < -0.39 is 12.9 Å². The molecule has 2 heteroatoms. The summed E-state index contributed by atoms with van der Waals surface area (Å²) in [6.07, 6.45) is -2.32. The van der Waals surface area contributed by atoms with Gasteiger partial charge in [0.2, 0.25) is 0 Å². The Balaban J connectivity index is 1.71. The minimum atomic E-state index is -2.39. The van der Waals surface area contributed by atoms with Gasteiger partial charge < -0.3 is 4.57 Å². The molecule has 4 aromatic carbocycles. The fourth-order valence-electron chi connectivity index (χ4n) is 4.04. The van der Waals surface area contributed by atoms with Crippen LogP contribution < -0.4 is 0 Å². The molecule has 0 N–H and O–H groups in total. The number of nitrogens with zero attached hydrogens (tertiary/aromatic N) is 2. The lowest BCUT2D eigenvalue weighted by molar-refractivity contribution is 0.730. The quantitative estimate of drug-likeness (QED) is 0.340. The number of hydrogen-bond acceptors (Lipinski definition) is 1. The molecule has 29 heavy (non-hydrogen) atoms. The minimum absolute atomic E-state index is 0.337. The van der Waals surface area contributed by atoms with Crippen molar-refractivity contribution in [1.82, 2.24) is 9.55 Å². The van der Waals surface area contributed by atoms with E-state index in [1.165, 1.54) is 4.57 Å². The van der Waals surface area contributed by atoms with Gasteiger partial charge in [-0.15, -0.1) is 0 Å². The van der Waals surface area contributed by atoms with E-state index in [0.29, 0.717) is 28.0 Å². The summed E-state index contributed by atoms with van der Waals surface area (Å²) in [5.74, 6) is 0.419. The molecule has 0 spiro atoms. The van der Waals surface area contributed by atoms with Gasteiger partial charge in [-0.1, -0.05) is 91.0 Å². The maximum atomic E-state index is 9.11. The topological polar surface area (TPSA) is 17.8 Å². The van der Waals surface area contributed by atoms with Gasteiger partial charge >= 0.3 is 0 Å². The second-order valence-corrected chi connectivity index (χ2v) is 7.17. The van der Waals surface area contributed by atoms with Crippen molar-refractivity contribution in [1.29, 1.82) is 0 Å². The Bertz CT molecular complexity index is 1510. The molecule has 1 aromatic heterocycles. The van der Waals surface area contributed by atoms with Gasteiger partial charge in [0.25, 0.3) is 0 Å². The molecular formula is C27H20N2. The lowest BCUT2D eigenvalue weighted by Gasteiger charge is -2.10. The SMILES string of the molecule is [2H]C1([2H])c2cc(-c3ccccc3)ccc2-c2cccc3nc(-c4ccccc4)n(c23)C1([2H])[2H]. The Kier molecular flexibility index (Phi) is 2.84. The number of imidazole rings is 1. The van der Waals surface area contributed by atoms with Crippen molar-refractivity contribution in [2.75, 3.05) is 0 Å². The van der Waals surface area contributed by atoms with Crippen LogP contribution >= 0.6 is 0 Å². The molecule has 0 saturated heterocycles. The first kappa shape index (κ1) is 12.7. The van der Waals surface area contributed by atoms with Crippen LogP contribution in [0.5, 0.6) is 0 Å². The van der Waals surface area contributed by atoms with E-state index >= 15 is 0 Å². The first-order valence-corrected chi connectivity index (χ1v) is 9.67. The van der Waals surface area contributed by atoms with Crippen LogP contribution in [-0.2, 0) is 12.9 Å². The summed E-state index contributed by atoms with van der Waals surface area (Å²) in [5.41, 5.74) is 5.62. The average Bonchev–Trinajstić information content (AvgIpc) is 3.23. The smallest absolute Gasteiger partial charge is 0.141 e. The van der Waals surface area contributed by atoms with Crippen LogP contribution in [-0.4, -0.2) is 9.55 Å². The highest BCUT2D eigenvalue weighted by atomic mass is 15.1. The van der Waals surface area contributed by atoms with Crippen molar-refractivity contribution in [2.45, 2.75) is 12.9 Å². The summed E-state index contributed by atoms with van der Waals surface area (Å²) in [5, 5.41) is 0. The Morgan fingerprint density at radius 1 is 0.690 bits per heavy atom. The second kappa shape index (κ2) is 6.46. The van der Waals surface area contributed by atoms with Crippen molar-refractivity contribution >= 4 is 11.0 Å². The molecule has 0 amide bonds. The molecule has 1 aliphatic heterocycles. The first-order valence-electron chi connectivity index (χ1n) is 11.7. The molecule has 0 fully saturated rings. The summed E-state index contributed by atoms with van der Waals surface area (Å²) in [4.78, 5) is 4.75. The number of fused-ring (bicyclic) bond motifs is 2. The van der Waals surface area contributed by atoms with Crippen molar-refractivity contribution < 1.29 is 5.48 Å². The van der Waals surface area contributed by atoms with Crippen LogP contribution in [0.1, 0.15) is 11.0 Å². The van der Waals surface area contributed by atoms with E-state index in [9.17, 15) is 0 Å². The summed E-state index contributed by atoms with van der Waals surface area (Å²) in [6, 6.07) is 30.5. The van der Waals surface area contributed by atoms with E-state index in [0.717, 1.165) is 22.3 Å². The normalized spacial score (nSPS) is 18.1. The van der Waals surface area contributed by atoms with Crippen molar-refractivity contribution in [3.63, 3.8) is 0 Å². The largest absolute Gasteiger partial charge is 0.323 e. The van der Waals surface area contributed by atoms with E-state index in [-0.39, 0.29) is 0 Å². The zero-order valence-corrected chi connectivity index (χ0v) is 15.6. The summed E-state index contributed by atoms with van der Waals surface area (Å²) < 4.78 is 37.9. The Morgan fingerprint density at radius 2 is 1.45 bits per heavy atom. The lowest BCUT2D eigenvalue weighted by atomic mass is 9.93. The molecule has 1 aliphatic rings. The molecular weight excluding hydrogens is 352 g/mol. The molecule has 2 nitrogen and oxygen atoms in total. The van der Waals surface area contributed by atoms with E-state index in [1.807, 2.05) is 91.0 Å². The van der Waals surface area contributed by atoms with Crippen molar-refractivity contribution in [3.8, 4) is 33.6 Å². The van der Waals surface area contributed by atoms with Gasteiger partial charge in [-0.2, -0.15) is 0 Å². The maximum absolute atomic E-state index is 9.11. The van der Waals surface area contributed by atoms with Crippen molar-refractivity contribution in [3.05, 3.63) is 103 Å². The summed E-state index contributed by atoms with van der Waals surface area (Å²) in [7, 11) is 0. The summed E-state index contributed by atoms with van der Waals surface area (Å²) in [6.45, 7) is -2.39. The number of rotatable bonds is 2. The zero-order valence-electron chi connectivity index (χ0n) is 19.6. The molecule has 0 unspecified atom stereocenters. The van der Waals surface area contributed by atoms with Crippen LogP contribution in [0, 0.1) is 0 Å².